The number of nitrogens with zero attached hydrogens (tertiary/aromatic N) is 1. The van der Waals surface area contributed by atoms with Crippen LogP contribution >= 0.6 is 0 Å². The van der Waals surface area contributed by atoms with Crippen LogP contribution in [0.25, 0.3) is 0 Å². The lowest BCUT2D eigenvalue weighted by Gasteiger charge is -2.11. The van der Waals surface area contributed by atoms with Gasteiger partial charge in [-0.15, -0.1) is 0 Å². The van der Waals surface area contributed by atoms with E-state index in [4.69, 9.17) is 0 Å². The monoisotopic (exact) mass is 191 g/mol. The molecule has 78 valence electrons. The van der Waals surface area contributed by atoms with Gasteiger partial charge in [-0.2, -0.15) is 0 Å². The number of benzene rings is 1. The Kier molecular flexibility index (Phi) is 4.15. The lowest BCUT2D eigenvalue weighted by Crippen LogP contribution is -2.13. The number of hydrogen-bond donors (Lipinski definition) is 0. The first kappa shape index (κ1) is 11.3. The first-order valence-electron chi connectivity index (χ1n) is 5.31. The van der Waals surface area contributed by atoms with Gasteiger partial charge in [0.05, 0.1) is 0 Å². The van der Waals surface area contributed by atoms with Crippen molar-refractivity contribution in [3.05, 3.63) is 34.9 Å². The molecule has 0 atom stereocenters. The Morgan fingerprint density at radius 3 is 2.50 bits per heavy atom. The zero-order valence-corrected chi connectivity index (χ0v) is 9.80. The van der Waals surface area contributed by atoms with Crippen LogP contribution in [0, 0.1) is 13.8 Å². The van der Waals surface area contributed by atoms with E-state index in [9.17, 15) is 0 Å². The van der Waals surface area contributed by atoms with E-state index in [-0.39, 0.29) is 0 Å². The predicted octanol–water partition coefficient (Wildman–Crippen LogP) is 2.80. The summed E-state index contributed by atoms with van der Waals surface area (Å²) in [6, 6.07) is 6.59. The Morgan fingerprint density at radius 2 is 1.86 bits per heavy atom. The first-order chi connectivity index (χ1) is 6.61. The Balaban J connectivity index is 2.54. The summed E-state index contributed by atoms with van der Waals surface area (Å²) < 4.78 is 0. The summed E-state index contributed by atoms with van der Waals surface area (Å²) in [4.78, 5) is 2.24. The molecule has 0 aliphatic rings. The summed E-state index contributed by atoms with van der Waals surface area (Å²) in [5, 5.41) is 0. The van der Waals surface area contributed by atoms with E-state index in [1.807, 2.05) is 0 Å². The molecule has 0 heterocycles. The molecule has 0 radical (unpaired) electrons. The average molecular weight is 191 g/mol. The molecule has 1 heteroatoms. The molecular formula is C13H21N. The Bertz CT molecular complexity index is 289. The largest absolute Gasteiger partial charge is 0.309 e. The van der Waals surface area contributed by atoms with E-state index >= 15 is 0 Å². The third-order valence-electron chi connectivity index (χ3n) is 2.77. The maximum absolute atomic E-state index is 2.25. The third kappa shape index (κ3) is 3.15. The van der Waals surface area contributed by atoms with Crippen molar-refractivity contribution in [1.82, 2.24) is 4.90 Å². The van der Waals surface area contributed by atoms with Crippen LogP contribution in [0.5, 0.6) is 0 Å². The van der Waals surface area contributed by atoms with Crippen LogP contribution in [-0.4, -0.2) is 25.5 Å². The van der Waals surface area contributed by atoms with E-state index in [0.717, 1.165) is 0 Å². The van der Waals surface area contributed by atoms with Crippen LogP contribution in [0.4, 0.5) is 0 Å². The molecule has 0 saturated carbocycles. The van der Waals surface area contributed by atoms with Crippen molar-refractivity contribution >= 4 is 0 Å². The highest BCUT2D eigenvalue weighted by Gasteiger charge is 2.00. The van der Waals surface area contributed by atoms with Gasteiger partial charge in [0.15, 0.2) is 0 Å². The second-order valence-electron chi connectivity index (χ2n) is 4.27. The van der Waals surface area contributed by atoms with Crippen molar-refractivity contribution in [2.24, 2.45) is 0 Å². The van der Waals surface area contributed by atoms with Crippen molar-refractivity contribution in [3.8, 4) is 0 Å². The van der Waals surface area contributed by atoms with Gasteiger partial charge >= 0.3 is 0 Å². The minimum atomic E-state index is 1.17. The molecule has 0 N–H and O–H groups in total. The Labute approximate surface area is 87.7 Å². The van der Waals surface area contributed by atoms with Crippen molar-refractivity contribution in [2.45, 2.75) is 26.7 Å². The lowest BCUT2D eigenvalue weighted by atomic mass is 10.00. The fourth-order valence-electron chi connectivity index (χ4n) is 1.67. The van der Waals surface area contributed by atoms with Gasteiger partial charge in [0.25, 0.3) is 0 Å². The van der Waals surface area contributed by atoms with Crippen LogP contribution in [-0.2, 0) is 6.42 Å². The molecule has 0 aromatic heterocycles. The molecule has 0 bridgehead atoms. The highest BCUT2D eigenvalue weighted by molar-refractivity contribution is 5.33. The summed E-state index contributed by atoms with van der Waals surface area (Å²) >= 11 is 0. The molecule has 0 aliphatic carbocycles. The highest BCUT2D eigenvalue weighted by atomic mass is 15.0. The van der Waals surface area contributed by atoms with Gasteiger partial charge in [-0.1, -0.05) is 18.2 Å². The molecule has 1 aromatic carbocycles. The molecule has 0 spiro atoms. The second-order valence-corrected chi connectivity index (χ2v) is 4.27. The van der Waals surface area contributed by atoms with Crippen molar-refractivity contribution in [1.29, 1.82) is 0 Å². The fraction of sp³-hybridized carbons (Fsp3) is 0.538. The SMILES string of the molecule is Cc1cccc(CCCN(C)C)c1C. The van der Waals surface area contributed by atoms with Gasteiger partial charge in [0, 0.05) is 0 Å². The van der Waals surface area contributed by atoms with Gasteiger partial charge in [-0.3, -0.25) is 0 Å². The number of aryl methyl sites for hydroxylation is 2. The van der Waals surface area contributed by atoms with Crippen LogP contribution in [0.2, 0.25) is 0 Å². The maximum Gasteiger partial charge on any atom is -0.00217 e. The van der Waals surface area contributed by atoms with Crippen molar-refractivity contribution in [3.63, 3.8) is 0 Å². The maximum atomic E-state index is 2.25. The van der Waals surface area contributed by atoms with Gasteiger partial charge < -0.3 is 4.90 Å². The predicted molar refractivity (Wildman–Crippen MR) is 62.8 cm³/mol. The van der Waals surface area contributed by atoms with Gasteiger partial charge in [-0.25, -0.2) is 0 Å². The molecule has 1 nitrogen and oxygen atoms in total. The lowest BCUT2D eigenvalue weighted by molar-refractivity contribution is 0.400. The Morgan fingerprint density at radius 1 is 1.14 bits per heavy atom. The van der Waals surface area contributed by atoms with Gasteiger partial charge in [-0.05, 0) is 64.0 Å². The summed E-state index contributed by atoms with van der Waals surface area (Å²) in [5.74, 6) is 0. The molecule has 14 heavy (non-hydrogen) atoms. The van der Waals surface area contributed by atoms with E-state index in [1.165, 1.54) is 36.1 Å². The summed E-state index contributed by atoms with van der Waals surface area (Å²) in [7, 11) is 4.26. The Hall–Kier alpha value is -0.820. The average Bonchev–Trinajstić information content (AvgIpc) is 2.12. The summed E-state index contributed by atoms with van der Waals surface area (Å²) in [5.41, 5.74) is 4.38. The van der Waals surface area contributed by atoms with Gasteiger partial charge in [0.1, 0.15) is 0 Å². The normalized spacial score (nSPS) is 10.9. The van der Waals surface area contributed by atoms with Gasteiger partial charge in [0.2, 0.25) is 0 Å². The molecule has 0 saturated heterocycles. The van der Waals surface area contributed by atoms with E-state index < -0.39 is 0 Å². The summed E-state index contributed by atoms with van der Waals surface area (Å²) in [6.07, 6.45) is 2.45. The highest BCUT2D eigenvalue weighted by Crippen LogP contribution is 2.14. The molecule has 0 amide bonds. The molecule has 1 rings (SSSR count). The molecule has 1 aromatic rings. The molecule has 0 fully saturated rings. The standard InChI is InChI=1S/C13H21N/c1-11-7-5-8-13(12(11)2)9-6-10-14(3)4/h5,7-8H,6,9-10H2,1-4H3. The zero-order chi connectivity index (χ0) is 10.6. The third-order valence-corrected chi connectivity index (χ3v) is 2.77. The van der Waals surface area contributed by atoms with Crippen LogP contribution in [0.1, 0.15) is 23.1 Å². The smallest absolute Gasteiger partial charge is 0.00217 e. The first-order valence-corrected chi connectivity index (χ1v) is 5.31. The molecular weight excluding hydrogens is 170 g/mol. The van der Waals surface area contributed by atoms with E-state index in [1.54, 1.807) is 0 Å². The summed E-state index contributed by atoms with van der Waals surface area (Å²) in [6.45, 7) is 5.58. The van der Waals surface area contributed by atoms with E-state index in [2.05, 4.69) is 51.0 Å². The van der Waals surface area contributed by atoms with Crippen molar-refractivity contribution in [2.75, 3.05) is 20.6 Å². The quantitative estimate of drug-likeness (QED) is 0.707. The number of hydrogen-bond acceptors (Lipinski definition) is 1. The topological polar surface area (TPSA) is 3.24 Å². The molecule has 0 unspecified atom stereocenters. The fourth-order valence-corrected chi connectivity index (χ4v) is 1.67. The second kappa shape index (κ2) is 5.16. The van der Waals surface area contributed by atoms with Crippen LogP contribution in [0.15, 0.2) is 18.2 Å². The number of rotatable bonds is 4. The van der Waals surface area contributed by atoms with E-state index in [0.29, 0.717) is 0 Å². The van der Waals surface area contributed by atoms with Crippen molar-refractivity contribution < 1.29 is 0 Å². The molecule has 0 aliphatic heterocycles. The minimum Gasteiger partial charge on any atom is -0.309 e. The minimum absolute atomic E-state index is 1.17. The van der Waals surface area contributed by atoms with Crippen LogP contribution < -0.4 is 0 Å². The zero-order valence-electron chi connectivity index (χ0n) is 9.80. The van der Waals surface area contributed by atoms with Crippen LogP contribution in [0.3, 0.4) is 0 Å².